The van der Waals surface area contributed by atoms with Gasteiger partial charge in [0.05, 0.1) is 11.1 Å². The first-order valence-electron chi connectivity index (χ1n) is 11.4. The zero-order valence-corrected chi connectivity index (χ0v) is 19.6. The molecule has 1 aromatic carbocycles. The lowest BCUT2D eigenvalue weighted by Crippen LogP contribution is -2.36. The summed E-state index contributed by atoms with van der Waals surface area (Å²) in [4.78, 5) is 22.4. The van der Waals surface area contributed by atoms with Crippen molar-refractivity contribution in [2.45, 2.75) is 50.1 Å². The fourth-order valence-corrected chi connectivity index (χ4v) is 6.96. The van der Waals surface area contributed by atoms with E-state index in [4.69, 9.17) is 4.98 Å². The minimum absolute atomic E-state index is 0.190. The third-order valence-electron chi connectivity index (χ3n) is 6.49. The Morgan fingerprint density at radius 3 is 2.66 bits per heavy atom. The predicted octanol–water partition coefficient (Wildman–Crippen LogP) is 4.99. The predicted molar refractivity (Wildman–Crippen MR) is 129 cm³/mol. The Hall–Kier alpha value is -2.45. The third kappa shape index (κ3) is 3.49. The molecule has 6 nitrogen and oxygen atoms in total. The van der Waals surface area contributed by atoms with Crippen LogP contribution in [0.5, 0.6) is 0 Å². The lowest BCUT2D eigenvalue weighted by molar-refractivity contribution is -0.129. The third-order valence-corrected chi connectivity index (χ3v) is 8.59. The Morgan fingerprint density at radius 2 is 1.81 bits per heavy atom. The fraction of sp³-hybridized carbons (Fsp3) is 0.417. The molecule has 32 heavy (non-hydrogen) atoms. The number of carbonyl (C=O) groups is 1. The van der Waals surface area contributed by atoms with Crippen molar-refractivity contribution in [1.29, 1.82) is 0 Å². The monoisotopic (exact) mass is 463 g/mol. The van der Waals surface area contributed by atoms with E-state index in [2.05, 4.69) is 26.7 Å². The van der Waals surface area contributed by atoms with Crippen LogP contribution in [0.3, 0.4) is 0 Å². The Labute approximate surface area is 195 Å². The molecule has 0 radical (unpaired) electrons. The van der Waals surface area contributed by atoms with E-state index >= 15 is 0 Å². The quantitative estimate of drug-likeness (QED) is 0.399. The highest BCUT2D eigenvalue weighted by molar-refractivity contribution is 7.99. The normalized spacial score (nSPS) is 16.6. The number of likely N-dealkylation sites (tertiary alicyclic amines) is 1. The largest absolute Gasteiger partial charge is 0.342 e. The minimum Gasteiger partial charge on any atom is -0.342 e. The summed E-state index contributed by atoms with van der Waals surface area (Å²) in [6.07, 6.45) is 8.10. The SMILES string of the molecule is O=C(CSc1nnc2c3c4c(sc3nc(-c3ccccc3)n12)CCCC4)N1CCCCC1. The van der Waals surface area contributed by atoms with Crippen LogP contribution >= 0.6 is 23.1 Å². The van der Waals surface area contributed by atoms with Gasteiger partial charge in [-0.05, 0) is 50.5 Å². The number of carbonyl (C=O) groups excluding carboxylic acids is 1. The second-order valence-electron chi connectivity index (χ2n) is 8.56. The highest BCUT2D eigenvalue weighted by Crippen LogP contribution is 2.39. The van der Waals surface area contributed by atoms with Crippen LogP contribution in [0.4, 0.5) is 0 Å². The Balaban J connectivity index is 1.45. The van der Waals surface area contributed by atoms with Crippen LogP contribution in [0.2, 0.25) is 0 Å². The standard InChI is InChI=1S/C24H25N5OS2/c30-19(28-13-7-2-8-14-28)15-31-24-27-26-22-20-17-11-5-6-12-18(17)32-23(20)25-21(29(22)24)16-9-3-1-4-10-16/h1,3-4,9-10H,2,5-8,11-15H2. The highest BCUT2D eigenvalue weighted by Gasteiger charge is 2.25. The highest BCUT2D eigenvalue weighted by atomic mass is 32.2. The maximum Gasteiger partial charge on any atom is 0.233 e. The van der Waals surface area contributed by atoms with Gasteiger partial charge in [-0.1, -0.05) is 42.1 Å². The van der Waals surface area contributed by atoms with Crippen LogP contribution < -0.4 is 0 Å². The molecule has 2 aliphatic rings. The van der Waals surface area contributed by atoms with E-state index in [1.54, 1.807) is 0 Å². The smallest absolute Gasteiger partial charge is 0.233 e. The van der Waals surface area contributed by atoms with Crippen molar-refractivity contribution in [3.05, 3.63) is 40.8 Å². The molecule has 0 spiro atoms. The summed E-state index contributed by atoms with van der Waals surface area (Å²) in [5.41, 5.74) is 3.32. The van der Waals surface area contributed by atoms with E-state index in [1.807, 2.05) is 34.4 Å². The number of thiophene rings is 1. The van der Waals surface area contributed by atoms with Gasteiger partial charge >= 0.3 is 0 Å². The molecular formula is C24H25N5OS2. The molecule has 1 aliphatic heterocycles. The molecule has 0 bridgehead atoms. The molecule has 1 aliphatic carbocycles. The molecule has 6 rings (SSSR count). The van der Waals surface area contributed by atoms with Gasteiger partial charge in [-0.2, -0.15) is 0 Å². The molecule has 0 N–H and O–H groups in total. The summed E-state index contributed by atoms with van der Waals surface area (Å²) in [5, 5.41) is 11.1. The summed E-state index contributed by atoms with van der Waals surface area (Å²) >= 11 is 3.29. The van der Waals surface area contributed by atoms with Crippen molar-refractivity contribution in [2.24, 2.45) is 0 Å². The number of piperidine rings is 1. The van der Waals surface area contributed by atoms with Crippen LogP contribution in [-0.4, -0.2) is 49.2 Å². The van der Waals surface area contributed by atoms with Crippen LogP contribution in [0.1, 0.15) is 42.5 Å². The van der Waals surface area contributed by atoms with Crippen LogP contribution in [0.15, 0.2) is 35.5 Å². The van der Waals surface area contributed by atoms with E-state index < -0.39 is 0 Å². The molecule has 1 saturated heterocycles. The van der Waals surface area contributed by atoms with Crippen molar-refractivity contribution in [1.82, 2.24) is 24.5 Å². The summed E-state index contributed by atoms with van der Waals surface area (Å²) in [7, 11) is 0. The van der Waals surface area contributed by atoms with E-state index in [0.29, 0.717) is 5.75 Å². The average molecular weight is 464 g/mol. The molecule has 0 unspecified atom stereocenters. The zero-order chi connectivity index (χ0) is 21.5. The van der Waals surface area contributed by atoms with Crippen molar-refractivity contribution >= 4 is 44.9 Å². The van der Waals surface area contributed by atoms with Gasteiger partial charge < -0.3 is 4.90 Å². The van der Waals surface area contributed by atoms with Gasteiger partial charge in [0.1, 0.15) is 10.7 Å². The lowest BCUT2D eigenvalue weighted by Gasteiger charge is -2.26. The Morgan fingerprint density at radius 1 is 1.00 bits per heavy atom. The lowest BCUT2D eigenvalue weighted by atomic mass is 9.97. The Bertz CT molecular complexity index is 1290. The Kier molecular flexibility index (Phi) is 5.35. The molecule has 8 heteroatoms. The second kappa shape index (κ2) is 8.48. The van der Waals surface area contributed by atoms with E-state index in [-0.39, 0.29) is 5.91 Å². The molecular weight excluding hydrogens is 438 g/mol. The fourth-order valence-electron chi connectivity index (χ4n) is 4.87. The van der Waals surface area contributed by atoms with Crippen molar-refractivity contribution in [2.75, 3.05) is 18.8 Å². The minimum atomic E-state index is 0.190. The van der Waals surface area contributed by atoms with Crippen molar-refractivity contribution in [3.63, 3.8) is 0 Å². The molecule has 1 fully saturated rings. The summed E-state index contributed by atoms with van der Waals surface area (Å²) in [6, 6.07) is 10.2. The molecule has 3 aromatic heterocycles. The molecule has 1 amide bonds. The van der Waals surface area contributed by atoms with Gasteiger partial charge in [-0.15, -0.1) is 21.5 Å². The average Bonchev–Trinajstić information content (AvgIpc) is 3.44. The summed E-state index contributed by atoms with van der Waals surface area (Å²) in [6.45, 7) is 1.75. The van der Waals surface area contributed by atoms with E-state index in [9.17, 15) is 4.79 Å². The summed E-state index contributed by atoms with van der Waals surface area (Å²) < 4.78 is 2.08. The molecule has 0 atom stereocenters. The first-order valence-corrected chi connectivity index (χ1v) is 13.2. The van der Waals surface area contributed by atoms with Crippen LogP contribution in [-0.2, 0) is 17.6 Å². The second-order valence-corrected chi connectivity index (χ2v) is 10.6. The van der Waals surface area contributed by atoms with Crippen LogP contribution in [0.25, 0.3) is 27.3 Å². The van der Waals surface area contributed by atoms with E-state index in [0.717, 1.165) is 71.2 Å². The first-order chi connectivity index (χ1) is 15.8. The number of hydrogen-bond donors (Lipinski definition) is 0. The number of aryl methyl sites for hydroxylation is 2. The number of aromatic nitrogens is 4. The first kappa shape index (κ1) is 20.2. The summed E-state index contributed by atoms with van der Waals surface area (Å²) in [5.74, 6) is 1.42. The van der Waals surface area contributed by atoms with E-state index in [1.165, 1.54) is 41.5 Å². The maximum atomic E-state index is 12.8. The molecule has 164 valence electrons. The number of thioether (sulfide) groups is 1. The zero-order valence-electron chi connectivity index (χ0n) is 17.9. The molecule has 0 saturated carbocycles. The van der Waals surface area contributed by atoms with Gasteiger partial charge in [-0.3, -0.25) is 9.20 Å². The van der Waals surface area contributed by atoms with Gasteiger partial charge in [0, 0.05) is 23.5 Å². The van der Waals surface area contributed by atoms with Gasteiger partial charge in [-0.25, -0.2) is 4.98 Å². The van der Waals surface area contributed by atoms with Gasteiger partial charge in [0.2, 0.25) is 5.91 Å². The number of fused-ring (bicyclic) bond motifs is 5. The van der Waals surface area contributed by atoms with Gasteiger partial charge in [0.25, 0.3) is 0 Å². The van der Waals surface area contributed by atoms with Crippen molar-refractivity contribution in [3.8, 4) is 11.4 Å². The molecule has 4 aromatic rings. The van der Waals surface area contributed by atoms with Gasteiger partial charge in [0.15, 0.2) is 10.8 Å². The number of benzene rings is 1. The van der Waals surface area contributed by atoms with Crippen LogP contribution in [0, 0.1) is 0 Å². The number of nitrogens with zero attached hydrogens (tertiary/aromatic N) is 5. The number of hydrogen-bond acceptors (Lipinski definition) is 6. The maximum absolute atomic E-state index is 12.8. The number of rotatable bonds is 4. The number of amides is 1. The molecule has 4 heterocycles. The topological polar surface area (TPSA) is 63.4 Å². The van der Waals surface area contributed by atoms with Crippen molar-refractivity contribution < 1.29 is 4.79 Å².